The Labute approximate surface area is 76.1 Å². The summed E-state index contributed by atoms with van der Waals surface area (Å²) in [6, 6.07) is 1.50. The van der Waals surface area contributed by atoms with Crippen molar-refractivity contribution in [2.75, 3.05) is 6.61 Å². The van der Waals surface area contributed by atoms with Gasteiger partial charge < -0.3 is 4.43 Å². The van der Waals surface area contributed by atoms with Crippen LogP contribution in [0.3, 0.4) is 0 Å². The van der Waals surface area contributed by atoms with E-state index in [9.17, 15) is 0 Å². The van der Waals surface area contributed by atoms with Crippen LogP contribution in [-0.4, -0.2) is 39.1 Å². The van der Waals surface area contributed by atoms with Gasteiger partial charge in [-0.25, -0.2) is 0 Å². The predicted molar refractivity (Wildman–Crippen MR) is 62.8 cm³/mol. The predicted octanol–water partition coefficient (Wildman–Crippen LogP) is 0.176. The lowest BCUT2D eigenvalue weighted by Crippen LogP contribution is -2.56. The van der Waals surface area contributed by atoms with Gasteiger partial charge in [0.25, 0.3) is 0 Å². The topological polar surface area (TPSA) is 9.23 Å². The Morgan fingerprint density at radius 1 is 1.36 bits per heavy atom. The Bertz CT molecular complexity index is 133. The molecule has 5 heteroatoms. The normalized spacial score (nSPS) is 36.0. The molecule has 1 heterocycles. The van der Waals surface area contributed by atoms with Crippen LogP contribution in [0.5, 0.6) is 0 Å². The molecule has 2 unspecified atom stereocenters. The van der Waals surface area contributed by atoms with Crippen LogP contribution in [0.1, 0.15) is 0 Å². The smallest absolute Gasteiger partial charge is 0.144 e. The molecule has 0 spiro atoms. The van der Waals surface area contributed by atoms with E-state index in [2.05, 4.69) is 26.2 Å². The second-order valence-electron chi connectivity index (χ2n) is 4.86. The lowest BCUT2D eigenvalue weighted by molar-refractivity contribution is 0.360. The molecule has 0 amide bonds. The van der Waals surface area contributed by atoms with Gasteiger partial charge in [0.05, 0.1) is 7.59 Å². The zero-order valence-corrected chi connectivity index (χ0v) is 12.9. The summed E-state index contributed by atoms with van der Waals surface area (Å²) in [5, 5.41) is 0. The molecular weight excluding hydrogens is 200 g/mol. The summed E-state index contributed by atoms with van der Waals surface area (Å²) in [5.41, 5.74) is 0. The number of hydrogen-bond acceptors (Lipinski definition) is 1. The second kappa shape index (κ2) is 3.69. The molecule has 0 radical (unpaired) electrons. The lowest BCUT2D eigenvalue weighted by atomic mass is 10.9. The van der Waals surface area contributed by atoms with E-state index in [1.54, 1.807) is 0 Å². The van der Waals surface area contributed by atoms with Crippen molar-refractivity contribution >= 4 is 32.5 Å². The molecule has 0 aromatic carbocycles. The average Bonchev–Trinajstić information content (AvgIpc) is 1.86. The first kappa shape index (κ1) is 9.91. The Morgan fingerprint density at radius 3 is 2.36 bits per heavy atom. The molecule has 1 aliphatic rings. The molecule has 0 N–H and O–H groups in total. The van der Waals surface area contributed by atoms with Gasteiger partial charge in [-0.1, -0.05) is 26.2 Å². The van der Waals surface area contributed by atoms with Crippen molar-refractivity contribution in [3.8, 4) is 0 Å². The zero-order chi connectivity index (χ0) is 8.48. The van der Waals surface area contributed by atoms with Gasteiger partial charge in [0.2, 0.25) is 0 Å². The highest BCUT2D eigenvalue weighted by Crippen LogP contribution is 2.12. The largest absolute Gasteiger partial charge is 0.428 e. The molecule has 1 fully saturated rings. The van der Waals surface area contributed by atoms with E-state index >= 15 is 0 Å². The van der Waals surface area contributed by atoms with Crippen molar-refractivity contribution in [3.63, 3.8) is 0 Å². The van der Waals surface area contributed by atoms with E-state index in [1.165, 1.54) is 6.04 Å². The van der Waals surface area contributed by atoms with Crippen molar-refractivity contribution in [1.29, 1.82) is 0 Å². The minimum absolute atomic E-state index is 0.142. The third kappa shape index (κ3) is 2.98. The van der Waals surface area contributed by atoms with Crippen molar-refractivity contribution in [1.82, 2.24) is 0 Å². The van der Waals surface area contributed by atoms with Gasteiger partial charge in [0, 0.05) is 23.5 Å². The molecule has 1 rings (SSSR count). The summed E-state index contributed by atoms with van der Waals surface area (Å²) in [5.74, 6) is 0. The summed E-state index contributed by atoms with van der Waals surface area (Å²) in [7, 11) is -1.10. The van der Waals surface area contributed by atoms with E-state index in [0.717, 1.165) is 6.61 Å². The molecule has 1 nitrogen and oxygen atoms in total. The summed E-state index contributed by atoms with van der Waals surface area (Å²) < 4.78 is 6.01. The zero-order valence-electron chi connectivity index (χ0n) is 8.18. The van der Waals surface area contributed by atoms with Gasteiger partial charge >= 0.3 is 0 Å². The van der Waals surface area contributed by atoms with E-state index in [4.69, 9.17) is 4.43 Å². The maximum atomic E-state index is 6.01. The molecule has 11 heavy (non-hydrogen) atoms. The van der Waals surface area contributed by atoms with E-state index in [-0.39, 0.29) is 8.31 Å². The van der Waals surface area contributed by atoms with Gasteiger partial charge in [-0.2, -0.15) is 0 Å². The SMILES string of the molecule is C[SiH]1CCO[SiH]([Si](C)(C)C)[SiH2]1. The minimum Gasteiger partial charge on any atom is -0.428 e. The average molecular weight is 221 g/mol. The first-order valence-corrected chi connectivity index (χ1v) is 18.9. The molecule has 1 saturated heterocycles. The third-order valence-corrected chi connectivity index (χ3v) is 47.9. The van der Waals surface area contributed by atoms with Crippen molar-refractivity contribution < 1.29 is 4.43 Å². The van der Waals surface area contributed by atoms with Crippen molar-refractivity contribution in [3.05, 3.63) is 0 Å². The van der Waals surface area contributed by atoms with E-state index in [0.29, 0.717) is 8.55 Å². The van der Waals surface area contributed by atoms with Crippen LogP contribution >= 0.6 is 0 Å². The summed E-state index contributed by atoms with van der Waals surface area (Å²) >= 11 is 0. The molecular formula is C6H20OSi4. The monoisotopic (exact) mass is 220 g/mol. The Kier molecular flexibility index (Phi) is 3.33. The molecule has 0 saturated carbocycles. The summed E-state index contributed by atoms with van der Waals surface area (Å²) in [4.78, 5) is 0. The quantitative estimate of drug-likeness (QED) is 0.573. The molecule has 1 aliphatic heterocycles. The Morgan fingerprint density at radius 2 is 2.00 bits per heavy atom. The lowest BCUT2D eigenvalue weighted by Gasteiger charge is -2.33. The highest BCUT2D eigenvalue weighted by Gasteiger charge is 2.34. The molecule has 66 valence electrons. The summed E-state index contributed by atoms with van der Waals surface area (Å²) in [6.07, 6.45) is 0. The van der Waals surface area contributed by atoms with Gasteiger partial charge in [0.1, 0.15) is 8.08 Å². The maximum absolute atomic E-state index is 6.01. The first-order valence-electron chi connectivity index (χ1n) is 4.62. The van der Waals surface area contributed by atoms with Crippen LogP contribution in [0.4, 0.5) is 0 Å². The van der Waals surface area contributed by atoms with E-state index < -0.39 is 15.7 Å². The maximum Gasteiger partial charge on any atom is 0.144 e. The van der Waals surface area contributed by atoms with Gasteiger partial charge in [-0.05, 0) is 6.04 Å². The standard InChI is InChI=1S/C6H20OSi4/c1-9-6-5-7-10(8-9)11(2,3)4/h9-10H,5-6,8H2,1-4H3. The van der Waals surface area contributed by atoms with E-state index in [1.807, 2.05) is 0 Å². The Balaban J connectivity index is 2.46. The Hall–Kier alpha value is 0.828. The fourth-order valence-corrected chi connectivity index (χ4v) is 59.6. The fourth-order valence-electron chi connectivity index (χ4n) is 1.57. The van der Waals surface area contributed by atoms with Crippen LogP contribution in [0.2, 0.25) is 32.2 Å². The molecule has 0 bridgehead atoms. The number of rotatable bonds is 1. The molecule has 2 atom stereocenters. The fraction of sp³-hybridized carbons (Fsp3) is 1.00. The van der Waals surface area contributed by atoms with Crippen LogP contribution in [0.15, 0.2) is 0 Å². The van der Waals surface area contributed by atoms with Crippen LogP contribution in [0.25, 0.3) is 0 Å². The van der Waals surface area contributed by atoms with Crippen LogP contribution in [-0.2, 0) is 4.43 Å². The van der Waals surface area contributed by atoms with Gasteiger partial charge in [-0.15, -0.1) is 0 Å². The van der Waals surface area contributed by atoms with Crippen molar-refractivity contribution in [2.24, 2.45) is 0 Å². The second-order valence-corrected chi connectivity index (χ2v) is 35.8. The molecule has 0 aromatic rings. The van der Waals surface area contributed by atoms with Crippen LogP contribution < -0.4 is 0 Å². The highest BCUT2D eigenvalue weighted by atomic mass is 29.8. The van der Waals surface area contributed by atoms with Crippen molar-refractivity contribution in [2.45, 2.75) is 32.2 Å². The summed E-state index contributed by atoms with van der Waals surface area (Å²) in [6.45, 7) is 11.3. The molecule has 0 aliphatic carbocycles. The minimum atomic E-state index is -0.785. The first-order chi connectivity index (χ1) is 5.00. The van der Waals surface area contributed by atoms with Crippen LogP contribution in [0, 0.1) is 0 Å². The third-order valence-electron chi connectivity index (χ3n) is 2.51. The van der Waals surface area contributed by atoms with Gasteiger partial charge in [-0.3, -0.25) is 0 Å². The van der Waals surface area contributed by atoms with Gasteiger partial charge in [0.15, 0.2) is 0 Å². The molecule has 0 aromatic heterocycles. The number of hydrogen-bond donors (Lipinski definition) is 0. The highest BCUT2D eigenvalue weighted by molar-refractivity contribution is 7.60.